The highest BCUT2D eigenvalue weighted by atomic mass is 79.9. The summed E-state index contributed by atoms with van der Waals surface area (Å²) < 4.78 is 15.7. The van der Waals surface area contributed by atoms with Crippen molar-refractivity contribution in [2.75, 3.05) is 32.7 Å². The summed E-state index contributed by atoms with van der Waals surface area (Å²) in [5.41, 5.74) is 0.740. The molecule has 128 valence electrons. The molecule has 24 heavy (non-hydrogen) atoms. The van der Waals surface area contributed by atoms with Crippen molar-refractivity contribution < 1.29 is 18.8 Å². The minimum atomic E-state index is -0.757. The van der Waals surface area contributed by atoms with Gasteiger partial charge in [-0.2, -0.15) is 0 Å². The van der Waals surface area contributed by atoms with Gasteiger partial charge in [0.25, 0.3) is 0 Å². The molecule has 0 spiro atoms. The van der Waals surface area contributed by atoms with Crippen molar-refractivity contribution >= 4 is 27.6 Å². The van der Waals surface area contributed by atoms with Gasteiger partial charge in [-0.05, 0) is 19.1 Å². The molecule has 0 aliphatic carbocycles. The summed E-state index contributed by atoms with van der Waals surface area (Å²) in [5.74, 6) is -0.791. The largest absolute Gasteiger partial charge is 0.486 e. The Kier molecular flexibility index (Phi) is 5.61. The molecule has 0 atom stereocenters. The number of ether oxygens (including phenoxy) is 2. The summed E-state index contributed by atoms with van der Waals surface area (Å²) in [5, 5.41) is 3.62. The Hall–Kier alpha value is -2.35. The SMILES string of the molecule is CCOc1c(-c2ccc(Br)cc2N(C)C)c(C(=O)OC)noc1=O. The molecule has 0 aliphatic heterocycles. The number of carbonyl (C=O) groups is 1. The zero-order valence-corrected chi connectivity index (χ0v) is 15.3. The van der Waals surface area contributed by atoms with Gasteiger partial charge in [-0.1, -0.05) is 27.2 Å². The van der Waals surface area contributed by atoms with Gasteiger partial charge in [0, 0.05) is 29.8 Å². The van der Waals surface area contributed by atoms with Crippen molar-refractivity contribution in [3.8, 4) is 16.9 Å². The quantitative estimate of drug-likeness (QED) is 0.718. The van der Waals surface area contributed by atoms with Crippen LogP contribution >= 0.6 is 15.9 Å². The van der Waals surface area contributed by atoms with Crippen LogP contribution in [0, 0.1) is 0 Å². The molecule has 0 fully saturated rings. The van der Waals surface area contributed by atoms with Crippen LogP contribution in [0.5, 0.6) is 5.75 Å². The van der Waals surface area contributed by atoms with Gasteiger partial charge >= 0.3 is 11.6 Å². The van der Waals surface area contributed by atoms with Gasteiger partial charge in [0.1, 0.15) is 0 Å². The van der Waals surface area contributed by atoms with Gasteiger partial charge in [0.05, 0.1) is 19.3 Å². The summed E-state index contributed by atoms with van der Waals surface area (Å²) in [6.07, 6.45) is 0. The number of hydrogen-bond acceptors (Lipinski definition) is 7. The van der Waals surface area contributed by atoms with Crippen LogP contribution in [0.3, 0.4) is 0 Å². The van der Waals surface area contributed by atoms with E-state index in [1.165, 1.54) is 7.11 Å². The van der Waals surface area contributed by atoms with Crippen LogP contribution in [0.4, 0.5) is 5.69 Å². The Morgan fingerprint density at radius 1 is 1.38 bits per heavy atom. The minimum absolute atomic E-state index is 0.0710. The molecule has 2 rings (SSSR count). The van der Waals surface area contributed by atoms with Gasteiger partial charge in [-0.25, -0.2) is 9.59 Å². The number of nitrogens with zero attached hydrogens (tertiary/aromatic N) is 2. The average Bonchev–Trinajstić information content (AvgIpc) is 2.56. The molecule has 0 aliphatic rings. The van der Waals surface area contributed by atoms with E-state index in [9.17, 15) is 9.59 Å². The normalized spacial score (nSPS) is 10.4. The van der Waals surface area contributed by atoms with Crippen LogP contribution in [0.2, 0.25) is 0 Å². The number of methoxy groups -OCH3 is 1. The fourth-order valence-electron chi connectivity index (χ4n) is 2.23. The first-order chi connectivity index (χ1) is 11.4. The first-order valence-corrected chi connectivity index (χ1v) is 7.92. The lowest BCUT2D eigenvalue weighted by Crippen LogP contribution is -2.17. The summed E-state index contributed by atoms with van der Waals surface area (Å²) in [7, 11) is 4.93. The molecule has 0 N–H and O–H groups in total. The smallest absolute Gasteiger partial charge is 0.400 e. The number of benzene rings is 1. The Labute approximate surface area is 147 Å². The summed E-state index contributed by atoms with van der Waals surface area (Å²) >= 11 is 3.42. The number of esters is 1. The summed E-state index contributed by atoms with van der Waals surface area (Å²) in [6, 6.07) is 5.43. The van der Waals surface area contributed by atoms with Gasteiger partial charge < -0.3 is 18.9 Å². The highest BCUT2D eigenvalue weighted by molar-refractivity contribution is 9.10. The third-order valence-corrected chi connectivity index (χ3v) is 3.74. The Bertz CT molecular complexity index is 817. The number of rotatable bonds is 5. The van der Waals surface area contributed by atoms with Gasteiger partial charge in [-0.3, -0.25) is 0 Å². The topological polar surface area (TPSA) is 81.9 Å². The lowest BCUT2D eigenvalue weighted by atomic mass is 10.0. The zero-order chi connectivity index (χ0) is 17.9. The summed E-state index contributed by atoms with van der Waals surface area (Å²) in [6.45, 7) is 1.96. The van der Waals surface area contributed by atoms with Gasteiger partial charge in [0.2, 0.25) is 5.75 Å². The van der Waals surface area contributed by atoms with E-state index in [1.807, 2.05) is 25.1 Å². The summed E-state index contributed by atoms with van der Waals surface area (Å²) in [4.78, 5) is 26.0. The maximum atomic E-state index is 12.1. The van der Waals surface area contributed by atoms with Crippen molar-refractivity contribution in [1.82, 2.24) is 5.16 Å². The fourth-order valence-corrected chi connectivity index (χ4v) is 2.58. The Morgan fingerprint density at radius 2 is 2.08 bits per heavy atom. The molecule has 1 aromatic heterocycles. The number of halogens is 1. The Balaban J connectivity index is 2.88. The molecular weight excluding hydrogens is 380 g/mol. The number of hydrogen-bond donors (Lipinski definition) is 0. The lowest BCUT2D eigenvalue weighted by Gasteiger charge is -2.20. The van der Waals surface area contributed by atoms with Crippen LogP contribution in [-0.4, -0.2) is 38.9 Å². The van der Waals surface area contributed by atoms with Crippen molar-refractivity contribution in [1.29, 1.82) is 0 Å². The van der Waals surface area contributed by atoms with E-state index < -0.39 is 11.6 Å². The molecule has 1 heterocycles. The molecule has 0 saturated heterocycles. The van der Waals surface area contributed by atoms with Crippen LogP contribution in [0.15, 0.2) is 32.0 Å². The molecule has 0 radical (unpaired) electrons. The van der Waals surface area contributed by atoms with Crippen molar-refractivity contribution in [3.05, 3.63) is 38.8 Å². The van der Waals surface area contributed by atoms with Crippen LogP contribution < -0.4 is 15.3 Å². The highest BCUT2D eigenvalue weighted by Crippen LogP contribution is 2.38. The standard InChI is InChI=1S/C16H17BrN2O5/c1-5-23-14-12(13(15(20)22-4)18-24-16(14)21)10-7-6-9(17)8-11(10)19(2)3/h6-8H,5H2,1-4H3. The number of aromatic nitrogens is 1. The molecule has 0 saturated carbocycles. The third kappa shape index (κ3) is 3.43. The third-order valence-electron chi connectivity index (χ3n) is 3.25. The predicted octanol–water partition coefficient (Wildman–Crippen LogP) is 2.72. The lowest BCUT2D eigenvalue weighted by molar-refractivity contribution is 0.0583. The zero-order valence-electron chi connectivity index (χ0n) is 13.8. The van der Waals surface area contributed by atoms with E-state index in [0.717, 1.165) is 10.2 Å². The second-order valence-corrected chi connectivity index (χ2v) is 5.92. The average molecular weight is 397 g/mol. The second kappa shape index (κ2) is 7.48. The monoisotopic (exact) mass is 396 g/mol. The first kappa shape index (κ1) is 18.0. The van der Waals surface area contributed by atoms with Gasteiger partial charge in [-0.15, -0.1) is 0 Å². The van der Waals surface area contributed by atoms with E-state index in [1.54, 1.807) is 19.1 Å². The molecule has 1 aromatic carbocycles. The maximum absolute atomic E-state index is 12.1. The number of carbonyl (C=O) groups excluding carboxylic acids is 1. The van der Waals surface area contributed by atoms with E-state index in [0.29, 0.717) is 5.56 Å². The van der Waals surface area contributed by atoms with Crippen molar-refractivity contribution in [2.45, 2.75) is 6.92 Å². The van der Waals surface area contributed by atoms with E-state index in [2.05, 4.69) is 21.1 Å². The van der Waals surface area contributed by atoms with Gasteiger partial charge in [0.15, 0.2) is 5.69 Å². The molecule has 0 unspecified atom stereocenters. The van der Waals surface area contributed by atoms with Crippen LogP contribution in [-0.2, 0) is 4.74 Å². The molecule has 8 heteroatoms. The molecule has 0 bridgehead atoms. The molecule has 0 amide bonds. The van der Waals surface area contributed by atoms with Crippen molar-refractivity contribution in [2.24, 2.45) is 0 Å². The van der Waals surface area contributed by atoms with E-state index >= 15 is 0 Å². The number of anilines is 1. The van der Waals surface area contributed by atoms with E-state index in [4.69, 9.17) is 14.0 Å². The molecular formula is C16H17BrN2O5. The van der Waals surface area contributed by atoms with Crippen LogP contribution in [0.25, 0.3) is 11.1 Å². The Morgan fingerprint density at radius 3 is 2.67 bits per heavy atom. The van der Waals surface area contributed by atoms with Crippen LogP contribution in [0.1, 0.15) is 17.4 Å². The fraction of sp³-hybridized carbons (Fsp3) is 0.312. The van der Waals surface area contributed by atoms with E-state index in [-0.39, 0.29) is 23.6 Å². The minimum Gasteiger partial charge on any atom is -0.486 e. The van der Waals surface area contributed by atoms with Crippen molar-refractivity contribution in [3.63, 3.8) is 0 Å². The maximum Gasteiger partial charge on any atom is 0.400 e. The first-order valence-electron chi connectivity index (χ1n) is 7.13. The predicted molar refractivity (Wildman–Crippen MR) is 92.7 cm³/mol. The second-order valence-electron chi connectivity index (χ2n) is 5.00. The molecule has 2 aromatic rings. The highest BCUT2D eigenvalue weighted by Gasteiger charge is 2.26. The molecule has 7 nitrogen and oxygen atoms in total.